The van der Waals surface area contributed by atoms with Crippen LogP contribution in [0.5, 0.6) is 0 Å². The number of nitrogens with zero attached hydrogens (tertiary/aromatic N) is 1. The van der Waals surface area contributed by atoms with E-state index in [4.69, 9.17) is 9.47 Å². The minimum absolute atomic E-state index is 0.0553. The summed E-state index contributed by atoms with van der Waals surface area (Å²) in [6.45, 7) is 2.02. The summed E-state index contributed by atoms with van der Waals surface area (Å²) in [5, 5.41) is 0. The fourth-order valence-corrected chi connectivity index (χ4v) is 2.47. The molecule has 2 rings (SSSR count). The first-order chi connectivity index (χ1) is 10.9. The Morgan fingerprint density at radius 2 is 2.04 bits per heavy atom. The number of rotatable bonds is 5. The summed E-state index contributed by atoms with van der Waals surface area (Å²) in [6, 6.07) is 4.71. The van der Waals surface area contributed by atoms with Gasteiger partial charge in [-0.25, -0.2) is 0 Å². The molecule has 23 heavy (non-hydrogen) atoms. The van der Waals surface area contributed by atoms with Crippen molar-refractivity contribution >= 4 is 5.91 Å². The molecule has 1 heterocycles. The standard InChI is InChI=1S/C16H20F3NO3/c1-22-8-6-14-11-20(7-9-23-14)15(21)10-12-2-4-13(5-3-12)16(17,18)19/h2-5,14H,6-11H2,1H3/t14-/m1/s1. The Morgan fingerprint density at radius 3 is 2.65 bits per heavy atom. The molecule has 7 heteroatoms. The molecule has 0 unspecified atom stereocenters. The Labute approximate surface area is 133 Å². The number of halogens is 3. The van der Waals surface area contributed by atoms with Gasteiger partial charge in [-0.15, -0.1) is 0 Å². The highest BCUT2D eigenvalue weighted by Gasteiger charge is 2.30. The predicted octanol–water partition coefficient (Wildman–Crippen LogP) is 2.51. The first-order valence-corrected chi connectivity index (χ1v) is 7.44. The molecular formula is C16H20F3NO3. The van der Waals surface area contributed by atoms with Crippen LogP contribution >= 0.6 is 0 Å². The number of hydrogen-bond acceptors (Lipinski definition) is 3. The molecule has 0 radical (unpaired) electrons. The van der Waals surface area contributed by atoms with Gasteiger partial charge in [-0.05, 0) is 24.1 Å². The Morgan fingerprint density at radius 1 is 1.35 bits per heavy atom. The van der Waals surface area contributed by atoms with Crippen molar-refractivity contribution in [2.75, 3.05) is 33.4 Å². The molecule has 1 atom stereocenters. The van der Waals surface area contributed by atoms with Crippen molar-refractivity contribution in [3.63, 3.8) is 0 Å². The SMILES string of the molecule is COCC[C@@H]1CN(C(=O)Cc2ccc(C(F)(F)F)cc2)CCO1. The van der Waals surface area contributed by atoms with Gasteiger partial charge in [-0.1, -0.05) is 12.1 Å². The molecule has 1 aromatic carbocycles. The van der Waals surface area contributed by atoms with Gasteiger partial charge in [0.05, 0.1) is 24.7 Å². The van der Waals surface area contributed by atoms with E-state index in [1.54, 1.807) is 12.0 Å². The van der Waals surface area contributed by atoms with Crippen LogP contribution in [0.25, 0.3) is 0 Å². The summed E-state index contributed by atoms with van der Waals surface area (Å²) in [6.07, 6.45) is -3.61. The summed E-state index contributed by atoms with van der Waals surface area (Å²) in [7, 11) is 1.61. The summed E-state index contributed by atoms with van der Waals surface area (Å²) in [5.41, 5.74) is -0.136. The molecule has 0 aliphatic carbocycles. The monoisotopic (exact) mass is 331 g/mol. The lowest BCUT2D eigenvalue weighted by atomic mass is 10.1. The molecule has 1 aliphatic heterocycles. The third kappa shape index (κ3) is 5.21. The summed E-state index contributed by atoms with van der Waals surface area (Å²) < 4.78 is 48.1. The topological polar surface area (TPSA) is 38.8 Å². The lowest BCUT2D eigenvalue weighted by Gasteiger charge is -2.33. The fourth-order valence-electron chi connectivity index (χ4n) is 2.47. The molecule has 0 saturated carbocycles. The van der Waals surface area contributed by atoms with Crippen molar-refractivity contribution in [1.82, 2.24) is 4.90 Å². The van der Waals surface area contributed by atoms with Crippen LogP contribution in [0.2, 0.25) is 0 Å². The molecule has 1 fully saturated rings. The van der Waals surface area contributed by atoms with E-state index in [-0.39, 0.29) is 18.4 Å². The zero-order valence-corrected chi connectivity index (χ0v) is 12.9. The van der Waals surface area contributed by atoms with Gasteiger partial charge in [-0.3, -0.25) is 4.79 Å². The normalized spacial score (nSPS) is 19.0. The third-order valence-corrected chi connectivity index (χ3v) is 3.77. The summed E-state index contributed by atoms with van der Waals surface area (Å²) >= 11 is 0. The summed E-state index contributed by atoms with van der Waals surface area (Å²) in [5.74, 6) is -0.101. The number of amides is 1. The third-order valence-electron chi connectivity index (χ3n) is 3.77. The first-order valence-electron chi connectivity index (χ1n) is 7.44. The van der Waals surface area contributed by atoms with Crippen LogP contribution in [0, 0.1) is 0 Å². The van der Waals surface area contributed by atoms with Gasteiger partial charge in [-0.2, -0.15) is 13.2 Å². The highest BCUT2D eigenvalue weighted by molar-refractivity contribution is 5.78. The first kappa shape index (κ1) is 17.7. The van der Waals surface area contributed by atoms with Gasteiger partial charge in [0.25, 0.3) is 0 Å². The number of methoxy groups -OCH3 is 1. The quantitative estimate of drug-likeness (QED) is 0.832. The average molecular weight is 331 g/mol. The van der Waals surface area contributed by atoms with Crippen LogP contribution in [-0.4, -0.2) is 50.3 Å². The van der Waals surface area contributed by atoms with Gasteiger partial charge in [0.15, 0.2) is 0 Å². The second-order valence-corrected chi connectivity index (χ2v) is 5.49. The van der Waals surface area contributed by atoms with E-state index in [0.717, 1.165) is 12.1 Å². The second-order valence-electron chi connectivity index (χ2n) is 5.49. The second kappa shape index (κ2) is 7.79. The maximum absolute atomic E-state index is 12.5. The van der Waals surface area contributed by atoms with Crippen LogP contribution in [0.4, 0.5) is 13.2 Å². The van der Waals surface area contributed by atoms with E-state index in [1.807, 2.05) is 0 Å². The highest BCUT2D eigenvalue weighted by atomic mass is 19.4. The van der Waals surface area contributed by atoms with Crippen molar-refractivity contribution in [3.8, 4) is 0 Å². The van der Waals surface area contributed by atoms with Crippen LogP contribution in [-0.2, 0) is 26.9 Å². The van der Waals surface area contributed by atoms with Crippen molar-refractivity contribution < 1.29 is 27.4 Å². The van der Waals surface area contributed by atoms with Crippen LogP contribution in [0.3, 0.4) is 0 Å². The van der Waals surface area contributed by atoms with Crippen molar-refractivity contribution in [2.24, 2.45) is 0 Å². The molecule has 1 amide bonds. The molecule has 0 N–H and O–H groups in total. The number of morpholine rings is 1. The Balaban J connectivity index is 1.90. The van der Waals surface area contributed by atoms with E-state index in [9.17, 15) is 18.0 Å². The zero-order valence-electron chi connectivity index (χ0n) is 12.9. The predicted molar refractivity (Wildman–Crippen MR) is 78.0 cm³/mol. The highest BCUT2D eigenvalue weighted by Crippen LogP contribution is 2.29. The summed E-state index contributed by atoms with van der Waals surface area (Å²) in [4.78, 5) is 14.0. The number of carbonyl (C=O) groups excluding carboxylic acids is 1. The number of ether oxygens (including phenoxy) is 2. The van der Waals surface area contributed by atoms with E-state index in [0.29, 0.717) is 38.3 Å². The van der Waals surface area contributed by atoms with Gasteiger partial charge in [0, 0.05) is 26.8 Å². The molecule has 1 aliphatic rings. The van der Waals surface area contributed by atoms with E-state index >= 15 is 0 Å². The molecule has 1 saturated heterocycles. The van der Waals surface area contributed by atoms with E-state index in [2.05, 4.69) is 0 Å². The Bertz CT molecular complexity index is 516. The van der Waals surface area contributed by atoms with Gasteiger partial charge in [0.1, 0.15) is 0 Å². The smallest absolute Gasteiger partial charge is 0.385 e. The van der Waals surface area contributed by atoms with E-state index in [1.165, 1.54) is 12.1 Å². The maximum atomic E-state index is 12.5. The van der Waals surface area contributed by atoms with Crippen LogP contribution in [0.1, 0.15) is 17.5 Å². The molecule has 0 bridgehead atoms. The Hall–Kier alpha value is -1.60. The molecular weight excluding hydrogens is 311 g/mol. The van der Waals surface area contributed by atoms with Crippen LogP contribution in [0.15, 0.2) is 24.3 Å². The van der Waals surface area contributed by atoms with Crippen LogP contribution < -0.4 is 0 Å². The number of hydrogen-bond donors (Lipinski definition) is 0. The molecule has 0 spiro atoms. The molecule has 0 aromatic heterocycles. The van der Waals surface area contributed by atoms with Crippen molar-refractivity contribution in [2.45, 2.75) is 25.1 Å². The molecule has 128 valence electrons. The zero-order chi connectivity index (χ0) is 16.9. The minimum atomic E-state index is -4.36. The average Bonchev–Trinajstić information content (AvgIpc) is 2.53. The van der Waals surface area contributed by atoms with Gasteiger partial charge in [0.2, 0.25) is 5.91 Å². The van der Waals surface area contributed by atoms with E-state index < -0.39 is 11.7 Å². The number of benzene rings is 1. The minimum Gasteiger partial charge on any atom is -0.385 e. The largest absolute Gasteiger partial charge is 0.416 e. The van der Waals surface area contributed by atoms with Crippen molar-refractivity contribution in [3.05, 3.63) is 35.4 Å². The lowest BCUT2D eigenvalue weighted by molar-refractivity contribution is -0.138. The lowest BCUT2D eigenvalue weighted by Crippen LogP contribution is -2.46. The maximum Gasteiger partial charge on any atom is 0.416 e. The van der Waals surface area contributed by atoms with Gasteiger partial charge < -0.3 is 14.4 Å². The Kier molecular flexibility index (Phi) is 6.01. The van der Waals surface area contributed by atoms with Gasteiger partial charge >= 0.3 is 6.18 Å². The molecule has 4 nitrogen and oxygen atoms in total. The van der Waals surface area contributed by atoms with Crippen molar-refractivity contribution in [1.29, 1.82) is 0 Å². The number of carbonyl (C=O) groups is 1. The fraction of sp³-hybridized carbons (Fsp3) is 0.562. The number of alkyl halides is 3. The molecule has 1 aromatic rings.